The summed E-state index contributed by atoms with van der Waals surface area (Å²) in [4.78, 5) is 23.4. The molecule has 0 saturated carbocycles. The lowest BCUT2D eigenvalue weighted by Gasteiger charge is -2.35. The van der Waals surface area contributed by atoms with Crippen LogP contribution in [0.4, 0.5) is 46.5 Å². The molecule has 2 rings (SSSR count). The predicted molar refractivity (Wildman–Crippen MR) is 110 cm³/mol. The summed E-state index contributed by atoms with van der Waals surface area (Å²) < 4.78 is 113. The van der Waals surface area contributed by atoms with Crippen LogP contribution in [0.5, 0.6) is 0 Å². The number of halogens is 12. The summed E-state index contributed by atoms with van der Waals surface area (Å²) in [6, 6.07) is 5.47. The van der Waals surface area contributed by atoms with E-state index in [2.05, 4.69) is 0 Å². The van der Waals surface area contributed by atoms with E-state index in [-0.39, 0.29) is 10.0 Å². The van der Waals surface area contributed by atoms with Crippen LogP contribution in [0.25, 0.3) is 0 Å². The molecular weight excluding hydrogens is 570 g/mol. The number of rotatable bonds is 7. The minimum Gasteiger partial charge on any atom is -0.319 e. The van der Waals surface area contributed by atoms with Gasteiger partial charge >= 0.3 is 35.5 Å². The quantitative estimate of drug-likeness (QED) is 0.337. The Morgan fingerprint density at radius 2 is 0.882 bits per heavy atom. The third-order valence-electron chi connectivity index (χ3n) is 4.11. The van der Waals surface area contributed by atoms with Crippen LogP contribution < -0.4 is 10.6 Å². The number of carbonyl (C=O) groups excluding carboxylic acids is 2. The monoisotopic (exact) mass is 576 g/mol. The third-order valence-corrected chi connectivity index (χ3v) is 5.24. The Kier molecular flexibility index (Phi) is 7.93. The smallest absolute Gasteiger partial charge is 0.319 e. The molecule has 0 aromatic heterocycles. The van der Waals surface area contributed by atoms with Gasteiger partial charge in [0.25, 0.3) is 0 Å². The predicted octanol–water partition coefficient (Wildman–Crippen LogP) is 7.42. The van der Waals surface area contributed by atoms with E-state index in [9.17, 15) is 44.7 Å². The molecule has 0 spiro atoms. The molecule has 4 nitrogen and oxygen atoms in total. The van der Waals surface area contributed by atoms with E-state index >= 15 is 0 Å². The maximum atomic E-state index is 14.1. The zero-order chi connectivity index (χ0) is 26.3. The molecule has 0 atom stereocenters. The molecule has 0 radical (unpaired) electrons. The molecule has 186 valence electrons. The number of benzene rings is 2. The molecule has 0 aliphatic rings. The van der Waals surface area contributed by atoms with Crippen molar-refractivity contribution in [1.82, 2.24) is 0 Å². The molecule has 0 bridgehead atoms. The Hall–Kier alpha value is -2.02. The van der Waals surface area contributed by atoms with Gasteiger partial charge in [-0.1, -0.05) is 46.4 Å². The Bertz CT molecular complexity index is 1040. The fourth-order valence-corrected chi connectivity index (χ4v) is 2.94. The van der Waals surface area contributed by atoms with E-state index in [1.54, 1.807) is 0 Å². The van der Waals surface area contributed by atoms with Crippen LogP contribution in [-0.4, -0.2) is 35.5 Å². The first kappa shape index (κ1) is 28.2. The van der Waals surface area contributed by atoms with E-state index in [0.29, 0.717) is 12.1 Å². The summed E-state index contributed by atoms with van der Waals surface area (Å²) >= 11 is 22.2. The van der Waals surface area contributed by atoms with Crippen LogP contribution in [-0.2, 0) is 9.59 Å². The highest BCUT2D eigenvalue weighted by Gasteiger charge is 2.84. The number of carbonyl (C=O) groups is 2. The van der Waals surface area contributed by atoms with Crippen molar-refractivity contribution in [2.24, 2.45) is 0 Å². The number of hydrogen-bond acceptors (Lipinski definition) is 2. The van der Waals surface area contributed by atoms with Gasteiger partial charge in [-0.3, -0.25) is 9.59 Å². The molecule has 2 N–H and O–H groups in total. The maximum absolute atomic E-state index is 14.1. The molecule has 2 amide bonds. The standard InChI is InChI=1S/C18H8Cl4F8N2O2/c19-7-1-3-9(21)11(5-7)31-13(33)15(23,24)17(27,28)18(29,30)16(25,26)14(34)32-12-6-8(20)2-4-10(12)22/h1-6H,(H,31,33)(H,32,34). The van der Waals surface area contributed by atoms with Crippen molar-refractivity contribution in [3.8, 4) is 0 Å². The van der Waals surface area contributed by atoms with Gasteiger partial charge in [0.1, 0.15) is 0 Å². The lowest BCUT2D eigenvalue weighted by molar-refractivity contribution is -0.345. The van der Waals surface area contributed by atoms with E-state index in [1.165, 1.54) is 0 Å². The molecule has 0 fully saturated rings. The second kappa shape index (κ2) is 9.56. The van der Waals surface area contributed by atoms with Crippen molar-refractivity contribution >= 4 is 69.6 Å². The van der Waals surface area contributed by atoms with Crippen LogP contribution in [0, 0.1) is 0 Å². The first-order chi connectivity index (χ1) is 15.4. The van der Waals surface area contributed by atoms with E-state index in [4.69, 9.17) is 46.4 Å². The van der Waals surface area contributed by atoms with Gasteiger partial charge in [-0.25, -0.2) is 0 Å². The maximum Gasteiger partial charge on any atom is 0.393 e. The topological polar surface area (TPSA) is 58.2 Å². The SMILES string of the molecule is O=C(Nc1cc(Cl)ccc1Cl)C(F)(F)C(F)(F)C(F)(F)C(F)(F)C(=O)Nc1cc(Cl)ccc1Cl. The van der Waals surface area contributed by atoms with Gasteiger partial charge in [0.15, 0.2) is 0 Å². The molecule has 2 aromatic carbocycles. The van der Waals surface area contributed by atoms with Crippen LogP contribution in [0.2, 0.25) is 20.1 Å². The summed E-state index contributed by atoms with van der Waals surface area (Å²) in [5, 5.41) is 0.705. The number of hydrogen-bond donors (Lipinski definition) is 2. The molecule has 34 heavy (non-hydrogen) atoms. The number of amides is 2. The fourth-order valence-electron chi connectivity index (χ4n) is 2.27. The van der Waals surface area contributed by atoms with Crippen LogP contribution in [0.3, 0.4) is 0 Å². The van der Waals surface area contributed by atoms with Crippen molar-refractivity contribution in [2.75, 3.05) is 10.6 Å². The molecule has 2 aromatic rings. The lowest BCUT2D eigenvalue weighted by atomic mass is 9.97. The summed E-state index contributed by atoms with van der Waals surface area (Å²) in [7, 11) is 0. The van der Waals surface area contributed by atoms with Crippen LogP contribution >= 0.6 is 46.4 Å². The van der Waals surface area contributed by atoms with Gasteiger partial charge < -0.3 is 10.6 Å². The number of nitrogens with one attached hydrogen (secondary N) is 2. The van der Waals surface area contributed by atoms with Gasteiger partial charge in [0.2, 0.25) is 0 Å². The Balaban J connectivity index is 2.38. The normalized spacial score (nSPS) is 12.9. The summed E-state index contributed by atoms with van der Waals surface area (Å²) in [5.41, 5.74) is -1.61. The zero-order valence-corrected chi connectivity index (χ0v) is 18.8. The van der Waals surface area contributed by atoms with Crippen molar-refractivity contribution in [1.29, 1.82) is 0 Å². The van der Waals surface area contributed by atoms with Crippen molar-refractivity contribution in [2.45, 2.75) is 23.7 Å². The molecule has 0 unspecified atom stereocenters. The Morgan fingerprint density at radius 1 is 0.588 bits per heavy atom. The van der Waals surface area contributed by atoms with E-state index in [0.717, 1.165) is 34.9 Å². The minimum absolute atomic E-state index is 0.233. The molecule has 0 aliphatic heterocycles. The van der Waals surface area contributed by atoms with E-state index < -0.39 is 56.9 Å². The summed E-state index contributed by atoms with van der Waals surface area (Å²) in [6.07, 6.45) is 0. The second-order valence-corrected chi connectivity index (χ2v) is 8.14. The highest BCUT2D eigenvalue weighted by atomic mass is 35.5. The highest BCUT2D eigenvalue weighted by molar-refractivity contribution is 6.36. The summed E-state index contributed by atoms with van der Waals surface area (Å²) in [6.45, 7) is 0. The number of alkyl halides is 8. The first-order valence-corrected chi connectivity index (χ1v) is 9.91. The lowest BCUT2D eigenvalue weighted by Crippen LogP contribution is -2.67. The van der Waals surface area contributed by atoms with Crippen molar-refractivity contribution in [3.63, 3.8) is 0 Å². The van der Waals surface area contributed by atoms with Gasteiger partial charge in [-0.15, -0.1) is 0 Å². The highest BCUT2D eigenvalue weighted by Crippen LogP contribution is 2.53. The average Bonchev–Trinajstić information content (AvgIpc) is 2.72. The third kappa shape index (κ3) is 5.00. The van der Waals surface area contributed by atoms with E-state index in [1.807, 2.05) is 0 Å². The zero-order valence-electron chi connectivity index (χ0n) is 15.8. The second-order valence-electron chi connectivity index (χ2n) is 6.45. The molecule has 0 heterocycles. The molecular formula is C18H8Cl4F8N2O2. The minimum atomic E-state index is -7.09. The van der Waals surface area contributed by atoms with Crippen LogP contribution in [0.1, 0.15) is 0 Å². The van der Waals surface area contributed by atoms with Gasteiger partial charge in [0.05, 0.1) is 21.4 Å². The number of anilines is 2. The Labute approximate surface area is 205 Å². The van der Waals surface area contributed by atoms with Crippen molar-refractivity contribution < 1.29 is 44.7 Å². The van der Waals surface area contributed by atoms with Gasteiger partial charge in [-0.05, 0) is 36.4 Å². The molecule has 0 saturated heterocycles. The first-order valence-electron chi connectivity index (χ1n) is 8.40. The average molecular weight is 578 g/mol. The van der Waals surface area contributed by atoms with Crippen LogP contribution in [0.15, 0.2) is 36.4 Å². The van der Waals surface area contributed by atoms with Gasteiger partial charge in [0, 0.05) is 10.0 Å². The molecule has 16 heteroatoms. The Morgan fingerprint density at radius 3 is 1.18 bits per heavy atom. The van der Waals surface area contributed by atoms with Gasteiger partial charge in [-0.2, -0.15) is 35.1 Å². The largest absolute Gasteiger partial charge is 0.393 e. The fraction of sp³-hybridized carbons (Fsp3) is 0.222. The summed E-state index contributed by atoms with van der Waals surface area (Å²) in [5.74, 6) is -33.4. The van der Waals surface area contributed by atoms with Crippen molar-refractivity contribution in [3.05, 3.63) is 56.5 Å². The molecule has 0 aliphatic carbocycles.